The van der Waals surface area contributed by atoms with Crippen molar-refractivity contribution in [1.29, 1.82) is 0 Å². The van der Waals surface area contributed by atoms with Crippen LogP contribution in [0.25, 0.3) is 0 Å². The number of ether oxygens (including phenoxy) is 4. The molecule has 5 heteroatoms. The Kier molecular flexibility index (Phi) is 5.18. The summed E-state index contributed by atoms with van der Waals surface area (Å²) in [4.78, 5) is 2.48. The van der Waals surface area contributed by atoms with Gasteiger partial charge in [-0.15, -0.1) is 0 Å². The van der Waals surface area contributed by atoms with Crippen molar-refractivity contribution in [1.82, 2.24) is 4.90 Å². The molecule has 154 valence electrons. The van der Waals surface area contributed by atoms with Gasteiger partial charge < -0.3 is 18.9 Å². The Labute approximate surface area is 172 Å². The molecule has 0 bridgehead atoms. The Morgan fingerprint density at radius 1 is 0.931 bits per heavy atom. The van der Waals surface area contributed by atoms with Crippen molar-refractivity contribution in [2.24, 2.45) is 0 Å². The average Bonchev–Trinajstić information content (AvgIpc) is 3.17. The lowest BCUT2D eigenvalue weighted by atomic mass is 9.92. The van der Waals surface area contributed by atoms with Gasteiger partial charge in [-0.1, -0.05) is 60.7 Å². The number of likely N-dealkylation sites (tertiary alicyclic amines) is 1. The fourth-order valence-corrected chi connectivity index (χ4v) is 4.62. The summed E-state index contributed by atoms with van der Waals surface area (Å²) < 4.78 is 25.0. The van der Waals surface area contributed by atoms with E-state index in [2.05, 4.69) is 47.4 Å². The molecule has 3 fully saturated rings. The summed E-state index contributed by atoms with van der Waals surface area (Å²) in [7, 11) is 0. The summed E-state index contributed by atoms with van der Waals surface area (Å²) in [5, 5.41) is 0. The van der Waals surface area contributed by atoms with E-state index in [4.69, 9.17) is 18.9 Å². The highest BCUT2D eigenvalue weighted by Gasteiger charge is 2.58. The maximum atomic E-state index is 6.41. The number of benzene rings is 2. The van der Waals surface area contributed by atoms with Gasteiger partial charge in [0.2, 0.25) is 0 Å². The molecule has 3 aliphatic rings. The highest BCUT2D eigenvalue weighted by molar-refractivity contribution is 5.16. The van der Waals surface area contributed by atoms with Gasteiger partial charge in [0, 0.05) is 19.1 Å². The molecule has 3 saturated heterocycles. The molecule has 2 aromatic rings. The minimum atomic E-state index is -0.641. The summed E-state index contributed by atoms with van der Waals surface area (Å²) in [6.45, 7) is 6.42. The van der Waals surface area contributed by atoms with E-state index in [1.165, 1.54) is 5.56 Å². The van der Waals surface area contributed by atoms with Gasteiger partial charge in [0.05, 0.1) is 6.61 Å². The Morgan fingerprint density at radius 3 is 2.28 bits per heavy atom. The molecule has 5 rings (SSSR count). The summed E-state index contributed by atoms with van der Waals surface area (Å²) in [5.41, 5.74) is 2.48. The van der Waals surface area contributed by atoms with Crippen molar-refractivity contribution in [3.8, 4) is 0 Å². The summed E-state index contributed by atoms with van der Waals surface area (Å²) in [5.74, 6) is -0.641. The lowest BCUT2D eigenvalue weighted by molar-refractivity contribution is -0.232. The van der Waals surface area contributed by atoms with E-state index in [0.29, 0.717) is 12.6 Å². The van der Waals surface area contributed by atoms with Gasteiger partial charge in [0.15, 0.2) is 12.1 Å². The maximum Gasteiger partial charge on any atom is 0.190 e. The van der Waals surface area contributed by atoms with Gasteiger partial charge in [0.25, 0.3) is 0 Å². The fraction of sp³-hybridized carbons (Fsp3) is 0.500. The Hall–Kier alpha value is -1.76. The molecule has 5 nitrogen and oxygen atoms in total. The molecule has 0 unspecified atom stereocenters. The molecule has 5 atom stereocenters. The van der Waals surface area contributed by atoms with Crippen molar-refractivity contribution in [3.63, 3.8) is 0 Å². The van der Waals surface area contributed by atoms with Crippen molar-refractivity contribution in [2.75, 3.05) is 6.54 Å². The van der Waals surface area contributed by atoms with Gasteiger partial charge in [-0.3, -0.25) is 4.90 Å². The molecule has 3 heterocycles. The second-order valence-corrected chi connectivity index (χ2v) is 8.64. The largest absolute Gasteiger partial charge is 0.368 e. The zero-order chi connectivity index (χ0) is 19.8. The van der Waals surface area contributed by atoms with Crippen LogP contribution in [-0.2, 0) is 32.1 Å². The van der Waals surface area contributed by atoms with E-state index in [1.807, 2.05) is 32.0 Å². The molecule has 0 aliphatic carbocycles. The molecule has 0 radical (unpaired) electrons. The van der Waals surface area contributed by atoms with Crippen LogP contribution in [0.4, 0.5) is 0 Å². The lowest BCUT2D eigenvalue weighted by Gasteiger charge is -2.45. The molecule has 0 N–H and O–H groups in total. The standard InChI is InChI=1S/C24H29NO4/c1-24(2)28-22-21(26-16-18-11-7-4-8-12-18)20(27-23(22)29-24)19-13-14-25(19)15-17-9-5-3-6-10-17/h3-12,19-23H,13-16H2,1-2H3/t19-,20+,21-,22+,23+/m0/s1. The van der Waals surface area contributed by atoms with Crippen molar-refractivity contribution >= 4 is 0 Å². The molecule has 0 spiro atoms. The second kappa shape index (κ2) is 7.82. The first kappa shape index (κ1) is 19.2. The molecule has 0 saturated carbocycles. The second-order valence-electron chi connectivity index (χ2n) is 8.64. The third-order valence-electron chi connectivity index (χ3n) is 6.10. The van der Waals surface area contributed by atoms with E-state index in [0.717, 1.165) is 25.1 Å². The minimum absolute atomic E-state index is 0.0534. The number of hydrogen-bond donors (Lipinski definition) is 0. The molecule has 29 heavy (non-hydrogen) atoms. The quantitative estimate of drug-likeness (QED) is 0.746. The van der Waals surface area contributed by atoms with Gasteiger partial charge in [-0.05, 0) is 31.4 Å². The predicted molar refractivity (Wildman–Crippen MR) is 109 cm³/mol. The smallest absolute Gasteiger partial charge is 0.190 e. The Balaban J connectivity index is 1.31. The lowest BCUT2D eigenvalue weighted by Crippen LogP contribution is -2.57. The van der Waals surface area contributed by atoms with Crippen molar-refractivity contribution in [3.05, 3.63) is 71.8 Å². The van der Waals surface area contributed by atoms with Crippen LogP contribution in [0.5, 0.6) is 0 Å². The van der Waals surface area contributed by atoms with E-state index in [1.54, 1.807) is 0 Å². The third-order valence-corrected chi connectivity index (χ3v) is 6.10. The predicted octanol–water partition coefficient (Wildman–Crippen LogP) is 3.72. The zero-order valence-corrected chi connectivity index (χ0v) is 17.1. The zero-order valence-electron chi connectivity index (χ0n) is 17.1. The van der Waals surface area contributed by atoms with Crippen LogP contribution in [0.3, 0.4) is 0 Å². The highest BCUT2D eigenvalue weighted by atomic mass is 16.8. The van der Waals surface area contributed by atoms with Gasteiger partial charge in [0.1, 0.15) is 18.3 Å². The first-order valence-electron chi connectivity index (χ1n) is 10.5. The molecule has 2 aromatic carbocycles. The van der Waals surface area contributed by atoms with E-state index < -0.39 is 5.79 Å². The van der Waals surface area contributed by atoms with E-state index >= 15 is 0 Å². The van der Waals surface area contributed by atoms with E-state index in [-0.39, 0.29) is 24.6 Å². The molecule has 0 amide bonds. The van der Waals surface area contributed by atoms with Gasteiger partial charge in [-0.2, -0.15) is 0 Å². The molecule has 0 aromatic heterocycles. The summed E-state index contributed by atoms with van der Waals surface area (Å²) >= 11 is 0. The van der Waals surface area contributed by atoms with E-state index in [9.17, 15) is 0 Å². The Morgan fingerprint density at radius 2 is 1.62 bits per heavy atom. The van der Waals surface area contributed by atoms with Gasteiger partial charge >= 0.3 is 0 Å². The molecular formula is C24H29NO4. The summed E-state index contributed by atoms with van der Waals surface area (Å²) in [6.07, 6.45) is 0.339. The van der Waals surface area contributed by atoms with Crippen LogP contribution in [0.1, 0.15) is 31.4 Å². The number of rotatable bonds is 6. The van der Waals surface area contributed by atoms with Crippen LogP contribution in [0.2, 0.25) is 0 Å². The van der Waals surface area contributed by atoms with Crippen molar-refractivity contribution in [2.45, 2.75) is 69.9 Å². The molecule has 3 aliphatic heterocycles. The number of nitrogens with zero attached hydrogens (tertiary/aromatic N) is 1. The maximum absolute atomic E-state index is 6.41. The first-order chi connectivity index (χ1) is 14.1. The minimum Gasteiger partial charge on any atom is -0.368 e. The Bertz CT molecular complexity index is 812. The third kappa shape index (κ3) is 3.98. The number of hydrogen-bond acceptors (Lipinski definition) is 5. The van der Waals surface area contributed by atoms with Crippen LogP contribution < -0.4 is 0 Å². The van der Waals surface area contributed by atoms with Crippen LogP contribution in [-0.4, -0.2) is 47.9 Å². The SMILES string of the molecule is CC1(C)O[C@H]2O[C@H]([C@@H]3CCN3Cc3ccccc3)[C@H](OCc3ccccc3)[C@H]2O1. The number of fused-ring (bicyclic) bond motifs is 1. The fourth-order valence-electron chi connectivity index (χ4n) is 4.62. The first-order valence-corrected chi connectivity index (χ1v) is 10.5. The topological polar surface area (TPSA) is 40.2 Å². The van der Waals surface area contributed by atoms with Crippen LogP contribution in [0, 0.1) is 0 Å². The van der Waals surface area contributed by atoms with Gasteiger partial charge in [-0.25, -0.2) is 0 Å². The summed E-state index contributed by atoms with van der Waals surface area (Å²) in [6, 6.07) is 21.2. The van der Waals surface area contributed by atoms with Crippen molar-refractivity contribution < 1.29 is 18.9 Å². The average molecular weight is 395 g/mol. The monoisotopic (exact) mass is 395 g/mol. The van der Waals surface area contributed by atoms with Crippen LogP contribution in [0.15, 0.2) is 60.7 Å². The highest BCUT2D eigenvalue weighted by Crippen LogP contribution is 2.42. The van der Waals surface area contributed by atoms with Crippen LogP contribution >= 0.6 is 0 Å². The normalized spacial score (nSPS) is 33.4. The molecular weight excluding hydrogens is 366 g/mol.